The molecule has 0 bridgehead atoms. The van der Waals surface area contributed by atoms with Gasteiger partial charge in [0.2, 0.25) is 0 Å². The number of carboxylic acids is 1. The first-order valence-corrected chi connectivity index (χ1v) is 7.24. The number of nitriles is 1. The highest BCUT2D eigenvalue weighted by Gasteiger charge is 2.17. The fraction of sp³-hybridized carbons (Fsp3) is 0.500. The molecule has 0 atom stereocenters. The van der Waals surface area contributed by atoms with Crippen LogP contribution in [0.2, 0.25) is 0 Å². The van der Waals surface area contributed by atoms with E-state index in [9.17, 15) is 4.79 Å². The summed E-state index contributed by atoms with van der Waals surface area (Å²) < 4.78 is 0. The van der Waals surface area contributed by atoms with E-state index in [0.717, 1.165) is 38.3 Å². The molecular weight excluding hydrogens is 266 g/mol. The molecule has 1 saturated heterocycles. The van der Waals surface area contributed by atoms with Crippen molar-refractivity contribution >= 4 is 5.97 Å². The second kappa shape index (κ2) is 7.21. The van der Waals surface area contributed by atoms with Gasteiger partial charge in [-0.25, -0.2) is 0 Å². The zero-order chi connectivity index (χ0) is 15.2. The summed E-state index contributed by atoms with van der Waals surface area (Å²) in [5.74, 6) is -0.731. The number of rotatable bonds is 5. The third-order valence-electron chi connectivity index (χ3n) is 3.97. The third kappa shape index (κ3) is 4.55. The Morgan fingerprint density at radius 2 is 1.95 bits per heavy atom. The van der Waals surface area contributed by atoms with Crippen molar-refractivity contribution in [3.05, 3.63) is 34.9 Å². The van der Waals surface area contributed by atoms with Gasteiger partial charge in [-0.3, -0.25) is 9.69 Å². The van der Waals surface area contributed by atoms with Gasteiger partial charge < -0.3 is 10.0 Å². The molecule has 1 aromatic rings. The molecule has 2 rings (SSSR count). The smallest absolute Gasteiger partial charge is 0.304 e. The van der Waals surface area contributed by atoms with Crippen LogP contribution in [0, 0.1) is 18.3 Å². The average Bonchev–Trinajstić information content (AvgIpc) is 2.48. The predicted molar refractivity (Wildman–Crippen MR) is 79.9 cm³/mol. The van der Waals surface area contributed by atoms with Gasteiger partial charge in [0.1, 0.15) is 0 Å². The Balaban J connectivity index is 1.83. The van der Waals surface area contributed by atoms with Crippen molar-refractivity contribution in [3.8, 4) is 6.07 Å². The molecule has 5 nitrogen and oxygen atoms in total. The molecular formula is C16H21N3O2. The molecule has 1 aliphatic rings. The quantitative estimate of drug-likeness (QED) is 0.888. The number of carboxylic acid groups (broad SMARTS) is 1. The molecule has 21 heavy (non-hydrogen) atoms. The monoisotopic (exact) mass is 287 g/mol. The maximum Gasteiger partial charge on any atom is 0.304 e. The molecule has 0 radical (unpaired) electrons. The van der Waals surface area contributed by atoms with Gasteiger partial charge >= 0.3 is 5.97 Å². The molecule has 0 saturated carbocycles. The minimum absolute atomic E-state index is 0.217. The van der Waals surface area contributed by atoms with Crippen LogP contribution >= 0.6 is 0 Å². The molecule has 112 valence electrons. The van der Waals surface area contributed by atoms with E-state index >= 15 is 0 Å². The zero-order valence-electron chi connectivity index (χ0n) is 12.4. The summed E-state index contributed by atoms with van der Waals surface area (Å²) >= 11 is 0. The lowest BCUT2D eigenvalue weighted by atomic mass is 10.0. The van der Waals surface area contributed by atoms with Crippen LogP contribution in [0.5, 0.6) is 0 Å². The summed E-state index contributed by atoms with van der Waals surface area (Å²) in [6.07, 6.45) is 0.217. The van der Waals surface area contributed by atoms with Crippen LogP contribution in [0.4, 0.5) is 0 Å². The molecule has 0 unspecified atom stereocenters. The standard InChI is InChI=1S/C16H21N3O2/c1-13-10-14(11-17)2-3-15(13)12-19-8-6-18(7-9-19)5-4-16(20)21/h2-3,10H,4-9,12H2,1H3,(H,20,21). The summed E-state index contributed by atoms with van der Waals surface area (Å²) in [5, 5.41) is 17.6. The van der Waals surface area contributed by atoms with Crippen molar-refractivity contribution in [1.29, 1.82) is 5.26 Å². The Morgan fingerprint density at radius 1 is 1.29 bits per heavy atom. The maximum absolute atomic E-state index is 10.6. The summed E-state index contributed by atoms with van der Waals surface area (Å²) in [6.45, 7) is 7.33. The first-order valence-electron chi connectivity index (χ1n) is 7.24. The number of carbonyl (C=O) groups is 1. The number of hydrogen-bond acceptors (Lipinski definition) is 4. The summed E-state index contributed by atoms with van der Waals surface area (Å²) in [5.41, 5.74) is 3.12. The zero-order valence-corrected chi connectivity index (χ0v) is 12.4. The molecule has 0 aliphatic carbocycles. The number of aliphatic carboxylic acids is 1. The molecule has 1 fully saturated rings. The van der Waals surface area contributed by atoms with Gasteiger partial charge in [-0.05, 0) is 30.2 Å². The fourth-order valence-corrected chi connectivity index (χ4v) is 2.61. The van der Waals surface area contributed by atoms with Gasteiger partial charge in [0.15, 0.2) is 0 Å². The van der Waals surface area contributed by atoms with E-state index < -0.39 is 5.97 Å². The first kappa shape index (κ1) is 15.5. The lowest BCUT2D eigenvalue weighted by molar-refractivity contribution is -0.137. The van der Waals surface area contributed by atoms with Crippen molar-refractivity contribution in [2.75, 3.05) is 32.7 Å². The molecule has 1 N–H and O–H groups in total. The highest BCUT2D eigenvalue weighted by molar-refractivity contribution is 5.66. The highest BCUT2D eigenvalue weighted by Crippen LogP contribution is 2.14. The van der Waals surface area contributed by atoms with Crippen LogP contribution in [0.3, 0.4) is 0 Å². The third-order valence-corrected chi connectivity index (χ3v) is 3.97. The van der Waals surface area contributed by atoms with Gasteiger partial charge in [-0.15, -0.1) is 0 Å². The van der Waals surface area contributed by atoms with E-state index in [0.29, 0.717) is 12.1 Å². The van der Waals surface area contributed by atoms with Crippen LogP contribution < -0.4 is 0 Å². The van der Waals surface area contributed by atoms with E-state index in [1.54, 1.807) is 0 Å². The van der Waals surface area contributed by atoms with E-state index in [1.165, 1.54) is 5.56 Å². The second-order valence-electron chi connectivity index (χ2n) is 5.51. The van der Waals surface area contributed by atoms with Crippen LogP contribution in [-0.4, -0.2) is 53.6 Å². The van der Waals surface area contributed by atoms with Crippen molar-refractivity contribution in [2.45, 2.75) is 19.9 Å². The van der Waals surface area contributed by atoms with E-state index in [4.69, 9.17) is 10.4 Å². The summed E-state index contributed by atoms with van der Waals surface area (Å²) in [4.78, 5) is 15.2. The van der Waals surface area contributed by atoms with Gasteiger partial charge in [0, 0.05) is 39.3 Å². The number of nitrogens with zero attached hydrogens (tertiary/aromatic N) is 3. The molecule has 1 aromatic carbocycles. The lowest BCUT2D eigenvalue weighted by Crippen LogP contribution is -2.46. The normalized spacial score (nSPS) is 16.6. The van der Waals surface area contributed by atoms with E-state index in [1.807, 2.05) is 25.1 Å². The Kier molecular flexibility index (Phi) is 5.32. The predicted octanol–water partition coefficient (Wildman–Crippen LogP) is 1.46. The molecule has 0 amide bonds. The van der Waals surface area contributed by atoms with Crippen LogP contribution in [0.15, 0.2) is 18.2 Å². The van der Waals surface area contributed by atoms with Crippen LogP contribution in [-0.2, 0) is 11.3 Å². The SMILES string of the molecule is Cc1cc(C#N)ccc1CN1CCN(CCC(=O)O)CC1. The van der Waals surface area contributed by atoms with Gasteiger partial charge in [-0.2, -0.15) is 5.26 Å². The van der Waals surface area contributed by atoms with Crippen molar-refractivity contribution < 1.29 is 9.90 Å². The molecule has 0 aromatic heterocycles. The van der Waals surface area contributed by atoms with Gasteiger partial charge in [-0.1, -0.05) is 6.07 Å². The molecule has 5 heteroatoms. The topological polar surface area (TPSA) is 67.6 Å². The highest BCUT2D eigenvalue weighted by atomic mass is 16.4. The minimum atomic E-state index is -0.731. The van der Waals surface area contributed by atoms with Crippen molar-refractivity contribution in [3.63, 3.8) is 0 Å². The largest absolute Gasteiger partial charge is 0.481 e. The number of aryl methyl sites for hydroxylation is 1. The van der Waals surface area contributed by atoms with Gasteiger partial charge in [0.05, 0.1) is 18.1 Å². The molecule has 1 aliphatic heterocycles. The maximum atomic E-state index is 10.6. The lowest BCUT2D eigenvalue weighted by Gasteiger charge is -2.34. The van der Waals surface area contributed by atoms with Crippen LogP contribution in [0.25, 0.3) is 0 Å². The molecule has 0 spiro atoms. The molecule has 1 heterocycles. The fourth-order valence-electron chi connectivity index (χ4n) is 2.61. The second-order valence-corrected chi connectivity index (χ2v) is 5.51. The average molecular weight is 287 g/mol. The Bertz CT molecular complexity index is 543. The number of piperazine rings is 1. The summed E-state index contributed by atoms with van der Waals surface area (Å²) in [6, 6.07) is 7.99. The summed E-state index contributed by atoms with van der Waals surface area (Å²) in [7, 11) is 0. The Labute approximate surface area is 125 Å². The van der Waals surface area contributed by atoms with E-state index in [2.05, 4.69) is 15.9 Å². The Hall–Kier alpha value is -1.90. The van der Waals surface area contributed by atoms with Gasteiger partial charge in [0.25, 0.3) is 0 Å². The van der Waals surface area contributed by atoms with Crippen LogP contribution in [0.1, 0.15) is 23.1 Å². The number of hydrogen-bond donors (Lipinski definition) is 1. The Morgan fingerprint density at radius 3 is 2.52 bits per heavy atom. The van der Waals surface area contributed by atoms with Crippen molar-refractivity contribution in [2.24, 2.45) is 0 Å². The number of benzene rings is 1. The van der Waals surface area contributed by atoms with E-state index in [-0.39, 0.29) is 6.42 Å². The van der Waals surface area contributed by atoms with Crippen molar-refractivity contribution in [1.82, 2.24) is 9.80 Å². The first-order chi connectivity index (χ1) is 10.1. The minimum Gasteiger partial charge on any atom is -0.481 e.